The van der Waals surface area contributed by atoms with Gasteiger partial charge in [0.25, 0.3) is 0 Å². The molecule has 0 aromatic heterocycles. The maximum Gasteiger partial charge on any atom is 0.242 e. The molecule has 130 valence electrons. The third kappa shape index (κ3) is 3.51. The Bertz CT molecular complexity index is 470. The summed E-state index contributed by atoms with van der Waals surface area (Å²) >= 11 is 0. The highest BCUT2D eigenvalue weighted by Crippen LogP contribution is 2.32. The van der Waals surface area contributed by atoms with Crippen LogP contribution < -0.4 is 10.6 Å². The highest BCUT2D eigenvalue weighted by atomic mass is 16.5. The summed E-state index contributed by atoms with van der Waals surface area (Å²) in [5.74, 6) is 0.183. The van der Waals surface area contributed by atoms with E-state index >= 15 is 0 Å². The Kier molecular flexibility index (Phi) is 4.89. The zero-order chi connectivity index (χ0) is 16.6. The van der Waals surface area contributed by atoms with Crippen molar-refractivity contribution in [2.75, 3.05) is 26.2 Å². The number of amides is 2. The number of rotatable bonds is 4. The van der Waals surface area contributed by atoms with Gasteiger partial charge in [-0.2, -0.15) is 0 Å². The first-order valence-corrected chi connectivity index (χ1v) is 8.59. The van der Waals surface area contributed by atoms with Gasteiger partial charge in [-0.05, 0) is 25.3 Å². The second kappa shape index (κ2) is 6.75. The Balaban J connectivity index is 1.59. The molecule has 7 heteroatoms. The molecule has 0 aromatic carbocycles. The second-order valence-electron chi connectivity index (χ2n) is 7.31. The number of morpholine rings is 1. The average molecular weight is 325 g/mol. The van der Waals surface area contributed by atoms with Crippen LogP contribution in [0, 0.1) is 11.8 Å². The Morgan fingerprint density at radius 2 is 2.17 bits per heavy atom. The van der Waals surface area contributed by atoms with Crippen LogP contribution in [0.3, 0.4) is 0 Å². The Labute approximate surface area is 136 Å². The van der Waals surface area contributed by atoms with Gasteiger partial charge in [0.1, 0.15) is 6.04 Å². The van der Waals surface area contributed by atoms with Crippen molar-refractivity contribution in [2.45, 2.75) is 51.0 Å². The number of ether oxygens (including phenoxy) is 1. The normalized spacial score (nSPS) is 36.5. The van der Waals surface area contributed by atoms with Crippen LogP contribution in [-0.2, 0) is 14.3 Å². The molecule has 3 heterocycles. The van der Waals surface area contributed by atoms with E-state index in [0.29, 0.717) is 44.9 Å². The van der Waals surface area contributed by atoms with Crippen molar-refractivity contribution in [3.63, 3.8) is 0 Å². The van der Waals surface area contributed by atoms with E-state index in [2.05, 4.69) is 24.5 Å². The summed E-state index contributed by atoms with van der Waals surface area (Å²) in [6.45, 7) is 6.38. The zero-order valence-corrected chi connectivity index (χ0v) is 13.8. The maximum atomic E-state index is 12.6. The number of aliphatic hydroxyl groups excluding tert-OH is 1. The summed E-state index contributed by atoms with van der Waals surface area (Å²) in [4.78, 5) is 26.6. The Morgan fingerprint density at radius 3 is 2.83 bits per heavy atom. The highest BCUT2D eigenvalue weighted by Gasteiger charge is 2.47. The van der Waals surface area contributed by atoms with E-state index in [1.54, 1.807) is 4.90 Å². The number of carbonyl (C=O) groups is 2. The van der Waals surface area contributed by atoms with Crippen molar-refractivity contribution >= 4 is 11.8 Å². The topological polar surface area (TPSA) is 90.9 Å². The summed E-state index contributed by atoms with van der Waals surface area (Å²) in [6.07, 6.45) is 0.343. The number of aliphatic hydroxyl groups is 1. The van der Waals surface area contributed by atoms with Crippen LogP contribution in [0.15, 0.2) is 0 Å². The number of likely N-dealkylation sites (tertiary alicyclic amines) is 1. The van der Waals surface area contributed by atoms with Crippen LogP contribution in [0.4, 0.5) is 0 Å². The maximum absolute atomic E-state index is 12.6. The molecule has 3 unspecified atom stereocenters. The molecule has 0 aromatic rings. The molecule has 7 nitrogen and oxygen atoms in total. The van der Waals surface area contributed by atoms with Crippen LogP contribution in [0.5, 0.6) is 0 Å². The lowest BCUT2D eigenvalue weighted by atomic mass is 9.99. The fourth-order valence-corrected chi connectivity index (χ4v) is 3.69. The van der Waals surface area contributed by atoms with Crippen LogP contribution in [0.2, 0.25) is 0 Å². The van der Waals surface area contributed by atoms with E-state index in [4.69, 9.17) is 4.74 Å². The number of hydrogen-bond acceptors (Lipinski definition) is 5. The third-order valence-corrected chi connectivity index (χ3v) is 4.95. The van der Waals surface area contributed by atoms with Crippen LogP contribution in [-0.4, -0.2) is 72.4 Å². The van der Waals surface area contributed by atoms with Gasteiger partial charge in [-0.1, -0.05) is 13.8 Å². The average Bonchev–Trinajstić information content (AvgIpc) is 3.07. The zero-order valence-electron chi connectivity index (χ0n) is 13.8. The molecule has 3 fully saturated rings. The number of nitrogens with one attached hydrogen (secondary N) is 2. The van der Waals surface area contributed by atoms with Gasteiger partial charge >= 0.3 is 0 Å². The predicted molar refractivity (Wildman–Crippen MR) is 83.6 cm³/mol. The number of hydrogen-bond donors (Lipinski definition) is 3. The number of carbonyl (C=O) groups excluding carboxylic acids is 2. The lowest BCUT2D eigenvalue weighted by Crippen LogP contribution is -2.54. The molecule has 3 saturated heterocycles. The summed E-state index contributed by atoms with van der Waals surface area (Å²) in [7, 11) is 0. The van der Waals surface area contributed by atoms with E-state index in [0.717, 1.165) is 0 Å². The minimum Gasteiger partial charge on any atom is -0.391 e. The van der Waals surface area contributed by atoms with Gasteiger partial charge in [-0.25, -0.2) is 0 Å². The molecule has 5 atom stereocenters. The summed E-state index contributed by atoms with van der Waals surface area (Å²) < 4.78 is 5.87. The summed E-state index contributed by atoms with van der Waals surface area (Å²) in [6, 6.07) is -0.513. The van der Waals surface area contributed by atoms with Crippen LogP contribution >= 0.6 is 0 Å². The molecule has 0 saturated carbocycles. The molecule has 0 aliphatic carbocycles. The molecule has 2 amide bonds. The first kappa shape index (κ1) is 16.7. The quantitative estimate of drug-likeness (QED) is 0.623. The van der Waals surface area contributed by atoms with Gasteiger partial charge < -0.3 is 25.4 Å². The van der Waals surface area contributed by atoms with Gasteiger partial charge in [0.15, 0.2) is 0 Å². The third-order valence-electron chi connectivity index (χ3n) is 4.95. The lowest BCUT2D eigenvalue weighted by molar-refractivity contribution is -0.146. The molecule has 2 bridgehead atoms. The van der Waals surface area contributed by atoms with Gasteiger partial charge in [-0.15, -0.1) is 0 Å². The second-order valence-corrected chi connectivity index (χ2v) is 7.31. The monoisotopic (exact) mass is 325 g/mol. The fraction of sp³-hybridized carbons (Fsp3) is 0.875. The first-order valence-electron chi connectivity index (χ1n) is 8.59. The molecule has 0 spiro atoms. The smallest absolute Gasteiger partial charge is 0.242 e. The van der Waals surface area contributed by atoms with Crippen molar-refractivity contribution in [1.29, 1.82) is 0 Å². The summed E-state index contributed by atoms with van der Waals surface area (Å²) in [5.41, 5.74) is 0. The molecule has 3 N–H and O–H groups in total. The van der Waals surface area contributed by atoms with Gasteiger partial charge in [0.05, 0.1) is 24.2 Å². The standard InChI is InChI=1S/C16H27N3O4/c1-9(2)6-18-15(21)11-5-10-7-19(8-13(11)23-10)16(22)14-12(20)3-4-17-14/h9-14,17,20H,3-8H2,1-2H3,(H,18,21)/t10?,11?,12-,13?,14-/m0/s1. The predicted octanol–water partition coefficient (Wildman–Crippen LogP) is -0.903. The molecule has 23 heavy (non-hydrogen) atoms. The van der Waals surface area contributed by atoms with Crippen molar-refractivity contribution in [3.05, 3.63) is 0 Å². The summed E-state index contributed by atoms with van der Waals surface area (Å²) in [5, 5.41) is 15.9. The van der Waals surface area contributed by atoms with Gasteiger partial charge in [0.2, 0.25) is 11.8 Å². The first-order chi connectivity index (χ1) is 11.0. The molecule has 0 radical (unpaired) electrons. The fourth-order valence-electron chi connectivity index (χ4n) is 3.69. The molecule has 3 aliphatic rings. The van der Waals surface area contributed by atoms with Crippen molar-refractivity contribution in [3.8, 4) is 0 Å². The Hall–Kier alpha value is -1.18. The number of fused-ring (bicyclic) bond motifs is 2. The molecule has 3 rings (SSSR count). The van der Waals surface area contributed by atoms with E-state index < -0.39 is 12.1 Å². The van der Waals surface area contributed by atoms with Gasteiger partial charge in [-0.3, -0.25) is 9.59 Å². The van der Waals surface area contributed by atoms with Gasteiger partial charge in [0, 0.05) is 19.6 Å². The Morgan fingerprint density at radius 1 is 1.39 bits per heavy atom. The van der Waals surface area contributed by atoms with Crippen molar-refractivity contribution in [2.24, 2.45) is 11.8 Å². The van der Waals surface area contributed by atoms with E-state index in [9.17, 15) is 14.7 Å². The van der Waals surface area contributed by atoms with Crippen LogP contribution in [0.25, 0.3) is 0 Å². The van der Waals surface area contributed by atoms with Crippen molar-refractivity contribution in [1.82, 2.24) is 15.5 Å². The molecular weight excluding hydrogens is 298 g/mol. The van der Waals surface area contributed by atoms with Crippen molar-refractivity contribution < 1.29 is 19.4 Å². The largest absolute Gasteiger partial charge is 0.391 e. The molecular formula is C16H27N3O4. The van der Waals surface area contributed by atoms with E-state index in [1.807, 2.05) is 0 Å². The van der Waals surface area contributed by atoms with E-state index in [-0.39, 0.29) is 29.9 Å². The lowest BCUT2D eigenvalue weighted by Gasteiger charge is -2.34. The van der Waals surface area contributed by atoms with Crippen LogP contribution in [0.1, 0.15) is 26.7 Å². The minimum atomic E-state index is -0.617. The number of nitrogens with zero attached hydrogens (tertiary/aromatic N) is 1. The van der Waals surface area contributed by atoms with E-state index in [1.165, 1.54) is 0 Å². The minimum absolute atomic E-state index is 0.0273. The highest BCUT2D eigenvalue weighted by molar-refractivity contribution is 5.84. The molecule has 3 aliphatic heterocycles. The SMILES string of the molecule is CC(C)CNC(=O)C1CC2CN(C(=O)[C@H]3NCC[C@@H]3O)CC1O2.